The van der Waals surface area contributed by atoms with E-state index >= 15 is 0 Å². The molecular formula is C6H12FNO2. The van der Waals surface area contributed by atoms with Crippen molar-refractivity contribution in [2.45, 2.75) is 12.8 Å². The molecule has 0 heterocycles. The van der Waals surface area contributed by atoms with Crippen molar-refractivity contribution in [3.8, 4) is 0 Å². The number of carbonyl (C=O) groups excluding carboxylic acids is 1. The minimum atomic E-state index is -0.790. The lowest BCUT2D eigenvalue weighted by atomic mass is 10.3. The number of halogens is 1. The number of nitrogens with zero attached hydrogens (tertiary/aromatic N) is 1. The molecule has 0 spiro atoms. The second-order valence-electron chi connectivity index (χ2n) is 2.36. The summed E-state index contributed by atoms with van der Waals surface area (Å²) in [5.41, 5.74) is 0. The maximum Gasteiger partial charge on any atom is 0.348 e. The van der Waals surface area contributed by atoms with Gasteiger partial charge in [0.2, 0.25) is 0 Å². The Bertz CT molecular complexity index is 106. The van der Waals surface area contributed by atoms with E-state index in [0.717, 1.165) is 6.54 Å². The predicted octanol–water partition coefficient (Wildman–Crippen LogP) is 0.756. The normalized spacial score (nSPS) is 10.0. The molecule has 3 nitrogen and oxygen atoms in total. The molecule has 10 heavy (non-hydrogen) atoms. The second-order valence-corrected chi connectivity index (χ2v) is 2.36. The van der Waals surface area contributed by atoms with Crippen molar-refractivity contribution in [3.63, 3.8) is 0 Å². The molecular weight excluding hydrogens is 137 g/mol. The number of rotatable bonds is 4. The molecule has 0 amide bonds. The largest absolute Gasteiger partial charge is 0.348 e. The summed E-state index contributed by atoms with van der Waals surface area (Å²) in [6.45, 7) is 0.773. The average Bonchev–Trinajstić information content (AvgIpc) is 1.87. The molecule has 0 radical (unpaired) electrons. The van der Waals surface area contributed by atoms with Crippen LogP contribution in [0.4, 0.5) is 4.53 Å². The molecule has 4 heteroatoms. The lowest BCUT2D eigenvalue weighted by molar-refractivity contribution is -0.183. The number of carbonyl (C=O) groups is 1. The summed E-state index contributed by atoms with van der Waals surface area (Å²) in [6.07, 6.45) is 0.782. The van der Waals surface area contributed by atoms with Gasteiger partial charge in [-0.05, 0) is 27.1 Å². The summed E-state index contributed by atoms with van der Waals surface area (Å²) >= 11 is 0. The quantitative estimate of drug-likeness (QED) is 0.591. The van der Waals surface area contributed by atoms with Gasteiger partial charge in [-0.15, -0.1) is 0 Å². The first-order valence-electron chi connectivity index (χ1n) is 3.13. The molecule has 0 aromatic heterocycles. The molecule has 0 aliphatic heterocycles. The van der Waals surface area contributed by atoms with Crippen LogP contribution in [0.15, 0.2) is 0 Å². The molecule has 0 aliphatic carbocycles. The van der Waals surface area contributed by atoms with Crippen LogP contribution in [0.2, 0.25) is 0 Å². The first-order chi connectivity index (χ1) is 4.66. The van der Waals surface area contributed by atoms with Crippen molar-refractivity contribution in [2.75, 3.05) is 20.6 Å². The Hall–Kier alpha value is -0.640. The minimum absolute atomic E-state index is 0.147. The fourth-order valence-corrected chi connectivity index (χ4v) is 0.578. The Kier molecular flexibility index (Phi) is 4.84. The van der Waals surface area contributed by atoms with Gasteiger partial charge in [0.15, 0.2) is 0 Å². The van der Waals surface area contributed by atoms with E-state index in [1.165, 1.54) is 0 Å². The van der Waals surface area contributed by atoms with Gasteiger partial charge in [0, 0.05) is 4.53 Å². The van der Waals surface area contributed by atoms with Crippen LogP contribution >= 0.6 is 0 Å². The lowest BCUT2D eigenvalue weighted by Crippen LogP contribution is -2.14. The van der Waals surface area contributed by atoms with Crippen LogP contribution in [0.1, 0.15) is 12.8 Å². The third kappa shape index (κ3) is 5.50. The van der Waals surface area contributed by atoms with Gasteiger partial charge < -0.3 is 4.90 Å². The van der Waals surface area contributed by atoms with Gasteiger partial charge in [-0.3, -0.25) is 4.94 Å². The summed E-state index contributed by atoms with van der Waals surface area (Å²) in [6, 6.07) is 0. The Morgan fingerprint density at radius 1 is 1.60 bits per heavy atom. The average molecular weight is 149 g/mol. The van der Waals surface area contributed by atoms with E-state index in [1.807, 2.05) is 19.0 Å². The van der Waals surface area contributed by atoms with E-state index in [2.05, 4.69) is 4.94 Å². The zero-order valence-corrected chi connectivity index (χ0v) is 6.26. The van der Waals surface area contributed by atoms with Gasteiger partial charge in [0.1, 0.15) is 0 Å². The van der Waals surface area contributed by atoms with Crippen LogP contribution in [-0.4, -0.2) is 31.5 Å². The molecule has 0 bridgehead atoms. The maximum absolute atomic E-state index is 11.0. The molecule has 0 unspecified atom stereocenters. The molecule has 0 aliphatic rings. The Morgan fingerprint density at radius 2 is 2.20 bits per heavy atom. The second kappa shape index (κ2) is 5.17. The van der Waals surface area contributed by atoms with E-state index in [0.29, 0.717) is 6.42 Å². The third-order valence-electron chi connectivity index (χ3n) is 1.07. The molecule has 60 valence electrons. The molecule has 0 saturated heterocycles. The van der Waals surface area contributed by atoms with Crippen molar-refractivity contribution in [1.29, 1.82) is 0 Å². The molecule has 0 rings (SSSR count). The van der Waals surface area contributed by atoms with Crippen LogP contribution in [-0.2, 0) is 9.74 Å². The van der Waals surface area contributed by atoms with E-state index in [1.54, 1.807) is 0 Å². The van der Waals surface area contributed by atoms with Crippen molar-refractivity contribution < 1.29 is 14.3 Å². The SMILES string of the molecule is CN(C)CCCC(=O)OF. The Morgan fingerprint density at radius 3 is 2.60 bits per heavy atom. The first-order valence-corrected chi connectivity index (χ1v) is 3.13. The van der Waals surface area contributed by atoms with Crippen molar-refractivity contribution in [3.05, 3.63) is 0 Å². The molecule has 0 N–H and O–H groups in total. The van der Waals surface area contributed by atoms with Gasteiger partial charge in [-0.1, -0.05) is 0 Å². The maximum atomic E-state index is 11.0. The minimum Gasteiger partial charge on any atom is -0.309 e. The van der Waals surface area contributed by atoms with E-state index < -0.39 is 5.97 Å². The number of hydrogen-bond donors (Lipinski definition) is 0. The monoisotopic (exact) mass is 149 g/mol. The highest BCUT2D eigenvalue weighted by Crippen LogP contribution is 1.93. The predicted molar refractivity (Wildman–Crippen MR) is 35.0 cm³/mol. The molecule has 0 aromatic carbocycles. The highest BCUT2D eigenvalue weighted by atomic mass is 19.3. The summed E-state index contributed by atoms with van der Waals surface area (Å²) in [7, 11) is 3.78. The highest BCUT2D eigenvalue weighted by molar-refractivity contribution is 5.68. The van der Waals surface area contributed by atoms with Crippen LogP contribution < -0.4 is 0 Å². The van der Waals surface area contributed by atoms with Gasteiger partial charge in [-0.2, -0.15) is 0 Å². The zero-order valence-electron chi connectivity index (χ0n) is 6.26. The van der Waals surface area contributed by atoms with Crippen molar-refractivity contribution >= 4 is 5.97 Å². The Labute approximate surface area is 59.7 Å². The summed E-state index contributed by atoms with van der Waals surface area (Å²) in [4.78, 5) is 15.1. The van der Waals surface area contributed by atoms with E-state index in [9.17, 15) is 9.32 Å². The van der Waals surface area contributed by atoms with Crippen LogP contribution in [0, 0.1) is 0 Å². The fraction of sp³-hybridized carbons (Fsp3) is 0.833. The van der Waals surface area contributed by atoms with Gasteiger partial charge in [-0.25, -0.2) is 4.79 Å². The molecule has 0 atom stereocenters. The molecule has 0 fully saturated rings. The third-order valence-corrected chi connectivity index (χ3v) is 1.07. The van der Waals surface area contributed by atoms with Gasteiger partial charge in [0.25, 0.3) is 0 Å². The standard InChI is InChI=1S/C6H12FNO2/c1-8(2)5-3-4-6(9)10-7/h3-5H2,1-2H3. The Balaban J connectivity index is 3.12. The zero-order chi connectivity index (χ0) is 7.98. The first kappa shape index (κ1) is 9.36. The highest BCUT2D eigenvalue weighted by Gasteiger charge is 2.01. The van der Waals surface area contributed by atoms with E-state index in [4.69, 9.17) is 0 Å². The summed E-state index contributed by atoms with van der Waals surface area (Å²) < 4.78 is 11.0. The van der Waals surface area contributed by atoms with Crippen molar-refractivity contribution in [1.82, 2.24) is 4.90 Å². The van der Waals surface area contributed by atoms with Gasteiger partial charge in [0.05, 0.1) is 6.42 Å². The smallest absolute Gasteiger partial charge is 0.309 e. The van der Waals surface area contributed by atoms with E-state index in [-0.39, 0.29) is 6.42 Å². The van der Waals surface area contributed by atoms with Crippen LogP contribution in [0.25, 0.3) is 0 Å². The summed E-state index contributed by atoms with van der Waals surface area (Å²) in [5, 5.41) is 0. The van der Waals surface area contributed by atoms with Crippen LogP contribution in [0.5, 0.6) is 0 Å². The van der Waals surface area contributed by atoms with Crippen LogP contribution in [0.3, 0.4) is 0 Å². The van der Waals surface area contributed by atoms with Gasteiger partial charge >= 0.3 is 5.97 Å². The molecule has 0 aromatic rings. The number of hydrogen-bond acceptors (Lipinski definition) is 3. The topological polar surface area (TPSA) is 29.5 Å². The molecule has 0 saturated carbocycles. The van der Waals surface area contributed by atoms with Crippen molar-refractivity contribution in [2.24, 2.45) is 0 Å². The fourth-order valence-electron chi connectivity index (χ4n) is 0.578. The summed E-state index contributed by atoms with van der Waals surface area (Å²) in [5.74, 6) is -0.790. The lowest BCUT2D eigenvalue weighted by Gasteiger charge is -2.06.